The van der Waals surface area contributed by atoms with Gasteiger partial charge in [0, 0.05) is 18.1 Å². The Bertz CT molecular complexity index is 554. The second-order valence-corrected chi connectivity index (χ2v) is 5.81. The van der Waals surface area contributed by atoms with E-state index in [4.69, 9.17) is 9.26 Å². The highest BCUT2D eigenvalue weighted by atomic mass is 16.5. The summed E-state index contributed by atoms with van der Waals surface area (Å²) in [4.78, 5) is 4.50. The number of aromatic nitrogens is 2. The van der Waals surface area contributed by atoms with Crippen molar-refractivity contribution in [2.24, 2.45) is 5.92 Å². The third kappa shape index (κ3) is 2.90. The first kappa shape index (κ1) is 13.3. The average molecular weight is 272 g/mol. The van der Waals surface area contributed by atoms with Crippen molar-refractivity contribution in [2.75, 3.05) is 13.2 Å². The number of hydrogen-bond donors (Lipinski definition) is 0. The van der Waals surface area contributed by atoms with E-state index >= 15 is 0 Å². The van der Waals surface area contributed by atoms with Crippen molar-refractivity contribution in [1.29, 1.82) is 0 Å². The summed E-state index contributed by atoms with van der Waals surface area (Å²) in [7, 11) is 0. The molecule has 0 unspecified atom stereocenters. The Labute approximate surface area is 119 Å². The third-order valence-corrected chi connectivity index (χ3v) is 3.58. The van der Waals surface area contributed by atoms with E-state index in [0.29, 0.717) is 18.4 Å². The Balaban J connectivity index is 1.75. The van der Waals surface area contributed by atoms with E-state index in [-0.39, 0.29) is 5.92 Å². The first-order valence-corrected chi connectivity index (χ1v) is 7.23. The topological polar surface area (TPSA) is 48.2 Å². The van der Waals surface area contributed by atoms with Crippen LogP contribution in [0, 0.1) is 5.92 Å². The van der Waals surface area contributed by atoms with Crippen molar-refractivity contribution in [1.82, 2.24) is 10.1 Å². The lowest BCUT2D eigenvalue weighted by Gasteiger charge is -2.04. The van der Waals surface area contributed by atoms with Gasteiger partial charge in [-0.1, -0.05) is 31.1 Å². The number of hydrogen-bond acceptors (Lipinski definition) is 4. The van der Waals surface area contributed by atoms with Crippen molar-refractivity contribution >= 4 is 0 Å². The van der Waals surface area contributed by atoms with Gasteiger partial charge in [-0.2, -0.15) is 4.98 Å². The molecule has 1 aromatic carbocycles. The summed E-state index contributed by atoms with van der Waals surface area (Å²) in [5.74, 6) is 2.32. The summed E-state index contributed by atoms with van der Waals surface area (Å²) in [5, 5.41) is 4.08. The van der Waals surface area contributed by atoms with E-state index in [1.165, 1.54) is 5.56 Å². The van der Waals surface area contributed by atoms with Gasteiger partial charge in [0.05, 0.1) is 6.61 Å². The van der Waals surface area contributed by atoms with Crippen LogP contribution in [0.5, 0.6) is 0 Å². The summed E-state index contributed by atoms with van der Waals surface area (Å²) in [5.41, 5.74) is 2.32. The van der Waals surface area contributed by atoms with Gasteiger partial charge in [-0.05, 0) is 36.5 Å². The minimum absolute atomic E-state index is 0.285. The zero-order valence-electron chi connectivity index (χ0n) is 12.0. The molecule has 1 atom stereocenters. The van der Waals surface area contributed by atoms with Crippen LogP contribution in [0.1, 0.15) is 37.6 Å². The molecule has 1 aromatic heterocycles. The van der Waals surface area contributed by atoms with Crippen LogP contribution in [0.2, 0.25) is 0 Å². The number of rotatable bonds is 4. The highest BCUT2D eigenvalue weighted by Gasteiger charge is 2.23. The van der Waals surface area contributed by atoms with E-state index in [0.717, 1.165) is 30.8 Å². The molecule has 0 radical (unpaired) electrons. The van der Waals surface area contributed by atoms with Crippen LogP contribution in [-0.2, 0) is 11.2 Å². The molecule has 0 aliphatic carbocycles. The minimum atomic E-state index is 0.285. The molecule has 1 fully saturated rings. The van der Waals surface area contributed by atoms with E-state index in [2.05, 4.69) is 48.3 Å². The zero-order chi connectivity index (χ0) is 13.9. The fraction of sp³-hybridized carbons (Fsp3) is 0.500. The number of nitrogens with zero attached hydrogens (tertiary/aromatic N) is 2. The summed E-state index contributed by atoms with van der Waals surface area (Å²) < 4.78 is 10.7. The number of ether oxygens (including phenoxy) is 1. The molecule has 1 saturated heterocycles. The Kier molecular flexibility index (Phi) is 3.83. The molecular formula is C16H20N2O2. The Morgan fingerprint density at radius 2 is 2.05 bits per heavy atom. The van der Waals surface area contributed by atoms with Crippen LogP contribution in [0.4, 0.5) is 0 Å². The Morgan fingerprint density at radius 3 is 2.70 bits per heavy atom. The fourth-order valence-electron chi connectivity index (χ4n) is 2.51. The quantitative estimate of drug-likeness (QED) is 0.855. The molecule has 4 heteroatoms. The van der Waals surface area contributed by atoms with E-state index in [9.17, 15) is 0 Å². The molecule has 20 heavy (non-hydrogen) atoms. The summed E-state index contributed by atoms with van der Waals surface area (Å²) in [6.45, 7) is 5.94. The van der Waals surface area contributed by atoms with Gasteiger partial charge in [-0.3, -0.25) is 0 Å². The average Bonchev–Trinajstić information content (AvgIpc) is 3.10. The molecule has 0 bridgehead atoms. The van der Waals surface area contributed by atoms with Crippen LogP contribution in [0.25, 0.3) is 11.5 Å². The number of benzene rings is 1. The van der Waals surface area contributed by atoms with Gasteiger partial charge in [0.15, 0.2) is 5.82 Å². The maximum absolute atomic E-state index is 5.37. The minimum Gasteiger partial charge on any atom is -0.381 e. The second-order valence-electron chi connectivity index (χ2n) is 5.81. The fourth-order valence-corrected chi connectivity index (χ4v) is 2.51. The van der Waals surface area contributed by atoms with Crippen LogP contribution >= 0.6 is 0 Å². The SMILES string of the molecule is CC(C)Cc1ccc(-c2nc([C@H]3CCOC3)no2)cc1. The van der Waals surface area contributed by atoms with Crippen molar-refractivity contribution < 1.29 is 9.26 Å². The molecule has 3 rings (SSSR count). The molecule has 2 aromatic rings. The first-order chi connectivity index (χ1) is 9.72. The zero-order valence-corrected chi connectivity index (χ0v) is 12.0. The van der Waals surface area contributed by atoms with E-state index in [1.54, 1.807) is 0 Å². The summed E-state index contributed by atoms with van der Waals surface area (Å²) >= 11 is 0. The molecule has 1 aliphatic rings. The molecule has 2 heterocycles. The standard InChI is InChI=1S/C16H20N2O2/c1-11(2)9-12-3-5-13(6-4-12)16-17-15(18-20-16)14-7-8-19-10-14/h3-6,11,14H,7-10H2,1-2H3/t14-/m0/s1. The second kappa shape index (κ2) is 5.75. The van der Waals surface area contributed by atoms with Gasteiger partial charge in [0.1, 0.15) is 0 Å². The molecule has 0 amide bonds. The van der Waals surface area contributed by atoms with Crippen LogP contribution in [-0.4, -0.2) is 23.4 Å². The van der Waals surface area contributed by atoms with Crippen molar-refractivity contribution in [3.05, 3.63) is 35.7 Å². The van der Waals surface area contributed by atoms with E-state index < -0.39 is 0 Å². The van der Waals surface area contributed by atoms with E-state index in [1.807, 2.05) is 0 Å². The molecular weight excluding hydrogens is 252 g/mol. The highest BCUT2D eigenvalue weighted by molar-refractivity contribution is 5.53. The van der Waals surface area contributed by atoms with Crippen molar-refractivity contribution in [2.45, 2.75) is 32.6 Å². The predicted molar refractivity (Wildman–Crippen MR) is 76.5 cm³/mol. The summed E-state index contributed by atoms with van der Waals surface area (Å²) in [6.07, 6.45) is 2.07. The van der Waals surface area contributed by atoms with Gasteiger partial charge in [0.25, 0.3) is 5.89 Å². The van der Waals surface area contributed by atoms with Gasteiger partial charge in [-0.15, -0.1) is 0 Å². The monoisotopic (exact) mass is 272 g/mol. The molecule has 0 N–H and O–H groups in total. The Morgan fingerprint density at radius 1 is 1.25 bits per heavy atom. The molecule has 106 valence electrons. The first-order valence-electron chi connectivity index (χ1n) is 7.23. The maximum atomic E-state index is 5.37. The van der Waals surface area contributed by atoms with Gasteiger partial charge >= 0.3 is 0 Å². The van der Waals surface area contributed by atoms with Gasteiger partial charge in [-0.25, -0.2) is 0 Å². The lowest BCUT2D eigenvalue weighted by atomic mass is 10.0. The highest BCUT2D eigenvalue weighted by Crippen LogP contribution is 2.25. The lowest BCUT2D eigenvalue weighted by Crippen LogP contribution is -1.99. The third-order valence-electron chi connectivity index (χ3n) is 3.58. The maximum Gasteiger partial charge on any atom is 0.257 e. The molecule has 0 saturated carbocycles. The normalized spacial score (nSPS) is 18.9. The van der Waals surface area contributed by atoms with Crippen LogP contribution < -0.4 is 0 Å². The van der Waals surface area contributed by atoms with Gasteiger partial charge in [0.2, 0.25) is 0 Å². The van der Waals surface area contributed by atoms with Gasteiger partial charge < -0.3 is 9.26 Å². The molecule has 4 nitrogen and oxygen atoms in total. The lowest BCUT2D eigenvalue weighted by molar-refractivity contribution is 0.192. The largest absolute Gasteiger partial charge is 0.381 e. The predicted octanol–water partition coefficient (Wildman–Crippen LogP) is 3.44. The molecule has 0 spiro atoms. The smallest absolute Gasteiger partial charge is 0.257 e. The summed E-state index contributed by atoms with van der Waals surface area (Å²) in [6, 6.07) is 8.39. The van der Waals surface area contributed by atoms with Crippen molar-refractivity contribution in [3.8, 4) is 11.5 Å². The van der Waals surface area contributed by atoms with Crippen LogP contribution in [0.15, 0.2) is 28.8 Å². The molecule has 1 aliphatic heterocycles. The van der Waals surface area contributed by atoms with Crippen molar-refractivity contribution in [3.63, 3.8) is 0 Å². The van der Waals surface area contributed by atoms with Crippen LogP contribution in [0.3, 0.4) is 0 Å². The Hall–Kier alpha value is -1.68.